The van der Waals surface area contributed by atoms with Crippen LogP contribution in [0.3, 0.4) is 0 Å². The monoisotopic (exact) mass is 408 g/mol. The number of nitrogens with zero attached hydrogens (tertiary/aromatic N) is 1. The van der Waals surface area contributed by atoms with E-state index >= 15 is 0 Å². The highest BCUT2D eigenvalue weighted by molar-refractivity contribution is 7.14. The van der Waals surface area contributed by atoms with Gasteiger partial charge in [-0.2, -0.15) is 0 Å². The predicted octanol–water partition coefficient (Wildman–Crippen LogP) is 4.57. The number of hydrogen-bond donors (Lipinski definition) is 3. The molecule has 2 heterocycles. The quantitative estimate of drug-likeness (QED) is 0.452. The number of halogens is 1. The average molecular weight is 408 g/mol. The van der Waals surface area contributed by atoms with Gasteiger partial charge in [0.15, 0.2) is 5.13 Å². The summed E-state index contributed by atoms with van der Waals surface area (Å²) in [5, 5.41) is 8.38. The molecule has 0 unspecified atom stereocenters. The van der Waals surface area contributed by atoms with Crippen molar-refractivity contribution in [3.63, 3.8) is 0 Å². The zero-order valence-corrected chi connectivity index (χ0v) is 16.3. The SMILES string of the molecule is CC(=O)Nc1ccc(-c2csc(NC(=O)Cc3c[nH]c4ccccc34)n2)c(F)c1. The summed E-state index contributed by atoms with van der Waals surface area (Å²) in [4.78, 5) is 31.0. The lowest BCUT2D eigenvalue weighted by Crippen LogP contribution is -2.14. The highest BCUT2D eigenvalue weighted by Gasteiger charge is 2.14. The van der Waals surface area contributed by atoms with Gasteiger partial charge in [0.25, 0.3) is 0 Å². The molecule has 2 amide bonds. The summed E-state index contributed by atoms with van der Waals surface area (Å²) in [5.41, 5.74) is 2.97. The molecule has 3 N–H and O–H groups in total. The number of rotatable bonds is 5. The summed E-state index contributed by atoms with van der Waals surface area (Å²) in [5.74, 6) is -0.971. The smallest absolute Gasteiger partial charge is 0.230 e. The summed E-state index contributed by atoms with van der Waals surface area (Å²) in [6.45, 7) is 1.36. The van der Waals surface area contributed by atoms with Crippen LogP contribution in [0.5, 0.6) is 0 Å². The third kappa shape index (κ3) is 4.17. The van der Waals surface area contributed by atoms with Crippen LogP contribution < -0.4 is 10.6 Å². The molecule has 0 saturated heterocycles. The number of amides is 2. The molecule has 2 aromatic carbocycles. The summed E-state index contributed by atoms with van der Waals surface area (Å²) >= 11 is 1.23. The normalized spacial score (nSPS) is 10.8. The number of nitrogens with one attached hydrogen (secondary N) is 3. The Labute approximate surface area is 169 Å². The van der Waals surface area contributed by atoms with Crippen molar-refractivity contribution < 1.29 is 14.0 Å². The Morgan fingerprint density at radius 2 is 2.00 bits per heavy atom. The van der Waals surface area contributed by atoms with E-state index in [0.717, 1.165) is 16.5 Å². The predicted molar refractivity (Wildman–Crippen MR) is 112 cm³/mol. The molecule has 0 aliphatic carbocycles. The molecule has 0 aliphatic rings. The summed E-state index contributed by atoms with van der Waals surface area (Å²) < 4.78 is 14.4. The van der Waals surface area contributed by atoms with E-state index in [1.54, 1.807) is 17.5 Å². The molecule has 0 bridgehead atoms. The second-order valence-corrected chi connectivity index (χ2v) is 7.36. The number of anilines is 2. The Balaban J connectivity index is 1.46. The Morgan fingerprint density at radius 3 is 2.79 bits per heavy atom. The van der Waals surface area contributed by atoms with E-state index < -0.39 is 5.82 Å². The molecule has 29 heavy (non-hydrogen) atoms. The van der Waals surface area contributed by atoms with E-state index in [2.05, 4.69) is 20.6 Å². The number of carbonyl (C=O) groups is 2. The van der Waals surface area contributed by atoms with Crippen molar-refractivity contribution in [2.45, 2.75) is 13.3 Å². The maximum atomic E-state index is 14.4. The number of aromatic amines is 1. The fourth-order valence-electron chi connectivity index (χ4n) is 3.07. The van der Waals surface area contributed by atoms with Gasteiger partial charge in [-0.15, -0.1) is 11.3 Å². The third-order valence-electron chi connectivity index (χ3n) is 4.34. The first-order valence-corrected chi connectivity index (χ1v) is 9.75. The lowest BCUT2D eigenvalue weighted by molar-refractivity contribution is -0.116. The van der Waals surface area contributed by atoms with Crippen molar-refractivity contribution in [3.8, 4) is 11.3 Å². The first-order valence-electron chi connectivity index (χ1n) is 8.87. The van der Waals surface area contributed by atoms with Crippen molar-refractivity contribution in [1.82, 2.24) is 9.97 Å². The highest BCUT2D eigenvalue weighted by Crippen LogP contribution is 2.29. The molecule has 0 fully saturated rings. The fraction of sp³-hybridized carbons (Fsp3) is 0.0952. The van der Waals surface area contributed by atoms with Crippen LogP contribution in [0.1, 0.15) is 12.5 Å². The molecular formula is C21H17FN4O2S. The van der Waals surface area contributed by atoms with E-state index in [9.17, 15) is 14.0 Å². The number of benzene rings is 2. The third-order valence-corrected chi connectivity index (χ3v) is 5.10. The van der Waals surface area contributed by atoms with Gasteiger partial charge in [0, 0.05) is 40.7 Å². The van der Waals surface area contributed by atoms with Gasteiger partial charge in [0.2, 0.25) is 11.8 Å². The molecular weight excluding hydrogens is 391 g/mol. The maximum absolute atomic E-state index is 14.4. The van der Waals surface area contributed by atoms with Crippen LogP contribution in [0.4, 0.5) is 15.2 Å². The van der Waals surface area contributed by atoms with E-state index in [0.29, 0.717) is 22.1 Å². The molecule has 6 nitrogen and oxygen atoms in total. The molecule has 8 heteroatoms. The number of hydrogen-bond acceptors (Lipinski definition) is 4. The molecule has 4 aromatic rings. The Kier molecular flexibility index (Phi) is 5.09. The van der Waals surface area contributed by atoms with Crippen molar-refractivity contribution in [2.24, 2.45) is 0 Å². The van der Waals surface area contributed by atoms with Gasteiger partial charge in [-0.05, 0) is 29.8 Å². The zero-order chi connectivity index (χ0) is 20.4. The Hall–Kier alpha value is -3.52. The largest absolute Gasteiger partial charge is 0.361 e. The first kappa shape index (κ1) is 18.8. The van der Waals surface area contributed by atoms with Gasteiger partial charge in [0.1, 0.15) is 5.82 Å². The van der Waals surface area contributed by atoms with Crippen molar-refractivity contribution in [3.05, 3.63) is 65.4 Å². The lowest BCUT2D eigenvalue weighted by atomic mass is 10.1. The molecule has 0 spiro atoms. The fourth-order valence-corrected chi connectivity index (χ4v) is 3.80. The van der Waals surface area contributed by atoms with Gasteiger partial charge < -0.3 is 15.6 Å². The van der Waals surface area contributed by atoms with Gasteiger partial charge >= 0.3 is 0 Å². The van der Waals surface area contributed by atoms with Gasteiger partial charge in [0.05, 0.1) is 12.1 Å². The lowest BCUT2D eigenvalue weighted by Gasteiger charge is -2.05. The molecule has 0 radical (unpaired) electrons. The average Bonchev–Trinajstić information content (AvgIpc) is 3.29. The Bertz CT molecular complexity index is 1210. The van der Waals surface area contributed by atoms with Crippen LogP contribution in [0.25, 0.3) is 22.2 Å². The number of fused-ring (bicyclic) bond motifs is 1. The standard InChI is InChI=1S/C21H17FN4O2S/c1-12(27)24-14-6-7-16(17(22)9-14)19-11-29-21(25-19)26-20(28)8-13-10-23-18-5-3-2-4-15(13)18/h2-7,9-11,23H,8H2,1H3,(H,24,27)(H,25,26,28). The topological polar surface area (TPSA) is 86.9 Å². The summed E-state index contributed by atoms with van der Waals surface area (Å²) in [7, 11) is 0. The zero-order valence-electron chi connectivity index (χ0n) is 15.5. The summed E-state index contributed by atoms with van der Waals surface area (Å²) in [6.07, 6.45) is 2.03. The van der Waals surface area contributed by atoms with Crippen LogP contribution in [0.15, 0.2) is 54.0 Å². The highest BCUT2D eigenvalue weighted by atomic mass is 32.1. The minimum absolute atomic E-state index is 0.197. The van der Waals surface area contributed by atoms with E-state index in [4.69, 9.17) is 0 Å². The second kappa shape index (κ2) is 7.84. The van der Waals surface area contributed by atoms with Gasteiger partial charge in [-0.3, -0.25) is 9.59 Å². The molecule has 0 aliphatic heterocycles. The van der Waals surface area contributed by atoms with Crippen molar-refractivity contribution >= 4 is 44.9 Å². The number of H-pyrrole nitrogens is 1. The van der Waals surface area contributed by atoms with E-state index in [1.165, 1.54) is 24.3 Å². The van der Waals surface area contributed by atoms with Crippen LogP contribution in [0, 0.1) is 5.82 Å². The molecule has 4 rings (SSSR count). The van der Waals surface area contributed by atoms with Crippen molar-refractivity contribution in [2.75, 3.05) is 10.6 Å². The number of aromatic nitrogens is 2. The molecule has 2 aromatic heterocycles. The minimum Gasteiger partial charge on any atom is -0.361 e. The molecule has 0 atom stereocenters. The number of thiazole rings is 1. The van der Waals surface area contributed by atoms with Crippen LogP contribution in [0.2, 0.25) is 0 Å². The van der Waals surface area contributed by atoms with Gasteiger partial charge in [-0.25, -0.2) is 9.37 Å². The van der Waals surface area contributed by atoms with Crippen molar-refractivity contribution in [1.29, 1.82) is 0 Å². The van der Waals surface area contributed by atoms with E-state index in [-0.39, 0.29) is 18.2 Å². The van der Waals surface area contributed by atoms with Crippen LogP contribution >= 0.6 is 11.3 Å². The minimum atomic E-state index is -0.502. The number of para-hydroxylation sites is 1. The number of carbonyl (C=O) groups excluding carboxylic acids is 2. The van der Waals surface area contributed by atoms with Crippen LogP contribution in [-0.4, -0.2) is 21.8 Å². The summed E-state index contributed by atoms with van der Waals surface area (Å²) in [6, 6.07) is 12.2. The second-order valence-electron chi connectivity index (χ2n) is 6.50. The van der Waals surface area contributed by atoms with Crippen LogP contribution in [-0.2, 0) is 16.0 Å². The Morgan fingerprint density at radius 1 is 1.17 bits per heavy atom. The van der Waals surface area contributed by atoms with Gasteiger partial charge in [-0.1, -0.05) is 18.2 Å². The maximum Gasteiger partial charge on any atom is 0.230 e. The van der Waals surface area contributed by atoms with E-state index in [1.807, 2.05) is 30.5 Å². The first-order chi connectivity index (χ1) is 14.0. The molecule has 146 valence electrons. The molecule has 0 saturated carbocycles.